The minimum absolute atomic E-state index is 0.0628. The number of piperazine rings is 1. The number of carboxylic acid groups (broad SMARTS) is 2. The van der Waals surface area contributed by atoms with E-state index in [0.29, 0.717) is 12.8 Å². The molecule has 0 amide bonds. The molecule has 7 heteroatoms. The van der Waals surface area contributed by atoms with E-state index in [9.17, 15) is 9.59 Å². The highest BCUT2D eigenvalue weighted by Crippen LogP contribution is 1.98. The Morgan fingerprint density at radius 3 is 1.89 bits per heavy atom. The lowest BCUT2D eigenvalue weighted by Crippen LogP contribution is -2.45. The molecule has 112 valence electrons. The zero-order chi connectivity index (χ0) is 14.5. The Kier molecular flexibility index (Phi) is 11.1. The fraction of sp³-hybridized carbons (Fsp3) is 0.833. The predicted octanol–water partition coefficient (Wildman–Crippen LogP) is -0.434. The van der Waals surface area contributed by atoms with Gasteiger partial charge in [-0.25, -0.2) is 0 Å². The molecule has 1 rings (SSSR count). The maximum absolute atomic E-state index is 9.90. The summed E-state index contributed by atoms with van der Waals surface area (Å²) >= 11 is 0. The zero-order valence-electron chi connectivity index (χ0n) is 11.3. The van der Waals surface area contributed by atoms with E-state index in [1.165, 1.54) is 0 Å². The molecule has 0 unspecified atom stereocenters. The summed E-state index contributed by atoms with van der Waals surface area (Å²) in [6.45, 7) is 6.43. The van der Waals surface area contributed by atoms with Crippen molar-refractivity contribution in [2.75, 3.05) is 39.3 Å². The van der Waals surface area contributed by atoms with E-state index in [2.05, 4.69) is 10.2 Å². The topological polar surface area (TPSA) is 116 Å². The van der Waals surface area contributed by atoms with Gasteiger partial charge in [0.15, 0.2) is 0 Å². The number of hydrogen-bond donors (Lipinski definition) is 4. The summed E-state index contributed by atoms with van der Waals surface area (Å²) in [5.41, 5.74) is 5.40. The molecular formula is C12H25N3O4. The van der Waals surface area contributed by atoms with Gasteiger partial charge in [0.05, 0.1) is 0 Å². The van der Waals surface area contributed by atoms with Crippen LogP contribution in [0.15, 0.2) is 0 Å². The summed E-state index contributed by atoms with van der Waals surface area (Å²) in [5.74, 6) is -1.74. The summed E-state index contributed by atoms with van der Waals surface area (Å²) in [6, 6.07) is 0. The maximum Gasteiger partial charge on any atom is 0.303 e. The van der Waals surface area contributed by atoms with Crippen LogP contribution in [0, 0.1) is 0 Å². The number of hydrogen-bond acceptors (Lipinski definition) is 5. The highest BCUT2D eigenvalue weighted by molar-refractivity contribution is 5.67. The Morgan fingerprint density at radius 1 is 1.05 bits per heavy atom. The molecule has 7 nitrogen and oxygen atoms in total. The summed E-state index contributed by atoms with van der Waals surface area (Å²) in [7, 11) is 0. The fourth-order valence-corrected chi connectivity index (χ4v) is 1.67. The van der Waals surface area contributed by atoms with Gasteiger partial charge >= 0.3 is 11.9 Å². The van der Waals surface area contributed by atoms with Gasteiger partial charge in [-0.15, -0.1) is 0 Å². The van der Waals surface area contributed by atoms with Crippen LogP contribution < -0.4 is 11.1 Å². The normalized spacial score (nSPS) is 15.4. The highest BCUT2D eigenvalue weighted by Gasteiger charge is 2.06. The molecular weight excluding hydrogens is 250 g/mol. The SMILES string of the molecule is NCCN1CCNCC1.O=C(O)CCCCC(=O)O. The van der Waals surface area contributed by atoms with E-state index in [0.717, 1.165) is 39.3 Å². The summed E-state index contributed by atoms with van der Waals surface area (Å²) < 4.78 is 0. The minimum atomic E-state index is -0.870. The number of nitrogens with one attached hydrogen (secondary N) is 1. The van der Waals surface area contributed by atoms with E-state index in [1.54, 1.807) is 0 Å². The largest absolute Gasteiger partial charge is 0.481 e. The second-order valence-electron chi connectivity index (χ2n) is 4.37. The van der Waals surface area contributed by atoms with Crippen LogP contribution in [0.1, 0.15) is 25.7 Å². The maximum atomic E-state index is 9.90. The molecule has 0 bridgehead atoms. The van der Waals surface area contributed by atoms with Crippen LogP contribution >= 0.6 is 0 Å². The van der Waals surface area contributed by atoms with Crippen molar-refractivity contribution in [1.82, 2.24) is 10.2 Å². The molecule has 1 heterocycles. The highest BCUT2D eigenvalue weighted by atomic mass is 16.4. The molecule has 1 aliphatic rings. The summed E-state index contributed by atoms with van der Waals surface area (Å²) in [4.78, 5) is 22.2. The number of rotatable bonds is 7. The van der Waals surface area contributed by atoms with Crippen molar-refractivity contribution >= 4 is 11.9 Å². The van der Waals surface area contributed by atoms with Crippen molar-refractivity contribution in [3.63, 3.8) is 0 Å². The quantitative estimate of drug-likeness (QED) is 0.466. The van der Waals surface area contributed by atoms with Gasteiger partial charge in [0.1, 0.15) is 0 Å². The molecule has 1 fully saturated rings. The van der Waals surface area contributed by atoms with Crippen LogP contribution in [0.25, 0.3) is 0 Å². The van der Waals surface area contributed by atoms with Gasteiger partial charge in [0.2, 0.25) is 0 Å². The van der Waals surface area contributed by atoms with Gasteiger partial charge in [-0.1, -0.05) is 0 Å². The number of carboxylic acids is 2. The first kappa shape index (κ1) is 17.8. The van der Waals surface area contributed by atoms with Crippen molar-refractivity contribution in [3.8, 4) is 0 Å². The van der Waals surface area contributed by atoms with Gasteiger partial charge in [-0.3, -0.25) is 14.5 Å². The van der Waals surface area contributed by atoms with Crippen molar-refractivity contribution in [2.24, 2.45) is 5.73 Å². The summed E-state index contributed by atoms with van der Waals surface area (Å²) in [5, 5.41) is 19.6. The standard InChI is InChI=1S/C6H15N3.C6H10O4/c7-1-4-9-5-2-8-3-6-9;7-5(8)3-1-2-4-6(9)10/h8H,1-7H2;1-4H2,(H,7,8)(H,9,10). The third-order valence-corrected chi connectivity index (χ3v) is 2.69. The lowest BCUT2D eigenvalue weighted by atomic mass is 10.2. The third kappa shape index (κ3) is 13.1. The van der Waals surface area contributed by atoms with Gasteiger partial charge in [-0.2, -0.15) is 0 Å². The van der Waals surface area contributed by atoms with E-state index in [1.807, 2.05) is 0 Å². The molecule has 0 radical (unpaired) electrons. The Bertz CT molecular complexity index is 237. The molecule has 0 aromatic carbocycles. The summed E-state index contributed by atoms with van der Waals surface area (Å²) in [6.07, 6.45) is 1.02. The molecule has 5 N–H and O–H groups in total. The minimum Gasteiger partial charge on any atom is -0.481 e. The monoisotopic (exact) mass is 275 g/mol. The molecule has 0 aromatic rings. The van der Waals surface area contributed by atoms with Crippen LogP contribution in [0.3, 0.4) is 0 Å². The second kappa shape index (κ2) is 11.9. The lowest BCUT2D eigenvalue weighted by molar-refractivity contribution is -0.139. The van der Waals surface area contributed by atoms with E-state index in [-0.39, 0.29) is 12.8 Å². The second-order valence-corrected chi connectivity index (χ2v) is 4.37. The first-order valence-electron chi connectivity index (χ1n) is 6.63. The zero-order valence-corrected chi connectivity index (χ0v) is 11.3. The molecule has 1 saturated heterocycles. The number of unbranched alkanes of at least 4 members (excludes halogenated alkanes) is 1. The molecule has 19 heavy (non-hydrogen) atoms. The first-order valence-corrected chi connectivity index (χ1v) is 6.63. The third-order valence-electron chi connectivity index (χ3n) is 2.69. The number of nitrogens with zero attached hydrogens (tertiary/aromatic N) is 1. The Morgan fingerprint density at radius 2 is 1.53 bits per heavy atom. The van der Waals surface area contributed by atoms with Crippen molar-refractivity contribution < 1.29 is 19.8 Å². The molecule has 1 aliphatic heterocycles. The van der Waals surface area contributed by atoms with Crippen molar-refractivity contribution in [2.45, 2.75) is 25.7 Å². The Hall–Kier alpha value is -1.18. The average molecular weight is 275 g/mol. The van der Waals surface area contributed by atoms with E-state index < -0.39 is 11.9 Å². The number of nitrogens with two attached hydrogens (primary N) is 1. The van der Waals surface area contributed by atoms with Gasteiger partial charge < -0.3 is 21.3 Å². The van der Waals surface area contributed by atoms with Gasteiger partial charge in [0, 0.05) is 52.1 Å². The average Bonchev–Trinajstić information content (AvgIpc) is 2.37. The molecule has 0 aliphatic carbocycles. The fourth-order valence-electron chi connectivity index (χ4n) is 1.67. The van der Waals surface area contributed by atoms with Crippen LogP contribution in [0.5, 0.6) is 0 Å². The first-order chi connectivity index (χ1) is 9.06. The number of carbonyl (C=O) groups is 2. The van der Waals surface area contributed by atoms with Gasteiger partial charge in [0.25, 0.3) is 0 Å². The molecule has 0 saturated carbocycles. The van der Waals surface area contributed by atoms with Crippen LogP contribution in [-0.4, -0.2) is 66.3 Å². The van der Waals surface area contributed by atoms with E-state index >= 15 is 0 Å². The lowest BCUT2D eigenvalue weighted by Gasteiger charge is -2.26. The van der Waals surface area contributed by atoms with Crippen molar-refractivity contribution in [3.05, 3.63) is 0 Å². The molecule has 0 spiro atoms. The Balaban J connectivity index is 0.000000342. The van der Waals surface area contributed by atoms with Crippen LogP contribution in [-0.2, 0) is 9.59 Å². The van der Waals surface area contributed by atoms with Gasteiger partial charge in [-0.05, 0) is 12.8 Å². The number of aliphatic carboxylic acids is 2. The van der Waals surface area contributed by atoms with Crippen molar-refractivity contribution in [1.29, 1.82) is 0 Å². The predicted molar refractivity (Wildman–Crippen MR) is 72.1 cm³/mol. The van der Waals surface area contributed by atoms with E-state index in [4.69, 9.17) is 15.9 Å². The van der Waals surface area contributed by atoms with Crippen LogP contribution in [0.4, 0.5) is 0 Å². The van der Waals surface area contributed by atoms with Crippen LogP contribution in [0.2, 0.25) is 0 Å². The Labute approximate surface area is 113 Å². The molecule has 0 atom stereocenters. The smallest absolute Gasteiger partial charge is 0.303 e. The molecule has 0 aromatic heterocycles.